The Morgan fingerprint density at radius 1 is 1.10 bits per heavy atom. The molecule has 0 saturated carbocycles. The molecular formula is C21H16N4O4S. The largest absolute Gasteiger partial charge is 0.467 e. The van der Waals surface area contributed by atoms with E-state index in [4.69, 9.17) is 13.9 Å². The Bertz CT molecular complexity index is 1180. The van der Waals surface area contributed by atoms with Crippen LogP contribution >= 0.6 is 11.8 Å². The third-order valence-corrected chi connectivity index (χ3v) is 5.52. The molecule has 4 heterocycles. The molecule has 0 radical (unpaired) electrons. The number of hydrogen-bond donors (Lipinski definition) is 0. The zero-order valence-corrected chi connectivity index (χ0v) is 16.5. The fourth-order valence-electron chi connectivity index (χ4n) is 3.09. The molecule has 4 aromatic rings. The lowest BCUT2D eigenvalue weighted by Gasteiger charge is -2.08. The first-order valence-electron chi connectivity index (χ1n) is 9.19. The first-order valence-corrected chi connectivity index (χ1v) is 10.2. The molecule has 0 N–H and O–H groups in total. The van der Waals surface area contributed by atoms with Gasteiger partial charge in [0.05, 0.1) is 18.6 Å². The van der Waals surface area contributed by atoms with Crippen molar-refractivity contribution in [3.05, 3.63) is 72.4 Å². The number of carbonyl (C=O) groups excluding carboxylic acids is 1. The standard InChI is InChI=1S/C21H16N4O4S/c26-17(14-5-6-18-19(9-14)29-13-28-18)12-30-21-24-23-20(15-3-1-7-22-10-15)25(21)11-16-4-2-8-27-16/h1-10H,11-13H2. The van der Waals surface area contributed by atoms with Gasteiger partial charge >= 0.3 is 0 Å². The molecule has 150 valence electrons. The van der Waals surface area contributed by atoms with Gasteiger partial charge in [0.25, 0.3) is 0 Å². The van der Waals surface area contributed by atoms with Crippen LogP contribution in [0.1, 0.15) is 16.1 Å². The average molecular weight is 420 g/mol. The van der Waals surface area contributed by atoms with Crippen molar-refractivity contribution < 1.29 is 18.7 Å². The van der Waals surface area contributed by atoms with E-state index in [1.807, 2.05) is 28.8 Å². The molecule has 1 aromatic carbocycles. The second-order valence-corrected chi connectivity index (χ2v) is 7.44. The Morgan fingerprint density at radius 3 is 2.87 bits per heavy atom. The first-order chi connectivity index (χ1) is 14.8. The maximum atomic E-state index is 12.7. The maximum Gasteiger partial charge on any atom is 0.231 e. The number of ketones is 1. The molecule has 8 nitrogen and oxygen atoms in total. The summed E-state index contributed by atoms with van der Waals surface area (Å²) < 4.78 is 18.1. The van der Waals surface area contributed by atoms with Crippen molar-refractivity contribution >= 4 is 17.5 Å². The minimum absolute atomic E-state index is 0.0335. The lowest BCUT2D eigenvalue weighted by molar-refractivity contribution is 0.102. The topological polar surface area (TPSA) is 92.3 Å². The predicted molar refractivity (Wildman–Crippen MR) is 109 cm³/mol. The molecule has 9 heteroatoms. The molecule has 3 aromatic heterocycles. The van der Waals surface area contributed by atoms with Crippen molar-refractivity contribution in [2.75, 3.05) is 12.5 Å². The fraction of sp³-hybridized carbons (Fsp3) is 0.143. The van der Waals surface area contributed by atoms with Gasteiger partial charge < -0.3 is 13.9 Å². The highest BCUT2D eigenvalue weighted by Crippen LogP contribution is 2.33. The highest BCUT2D eigenvalue weighted by Gasteiger charge is 2.19. The number of Topliss-reactive ketones (excluding diaryl/α,β-unsaturated/α-hetero) is 1. The Morgan fingerprint density at radius 2 is 2.03 bits per heavy atom. The van der Waals surface area contributed by atoms with Crippen molar-refractivity contribution in [1.29, 1.82) is 0 Å². The minimum atomic E-state index is -0.0335. The summed E-state index contributed by atoms with van der Waals surface area (Å²) in [7, 11) is 0. The Labute approximate surface area is 175 Å². The van der Waals surface area contributed by atoms with Gasteiger partial charge in [0.2, 0.25) is 6.79 Å². The van der Waals surface area contributed by atoms with Gasteiger partial charge in [0, 0.05) is 23.5 Å². The van der Waals surface area contributed by atoms with Crippen LogP contribution in [0.25, 0.3) is 11.4 Å². The van der Waals surface area contributed by atoms with Gasteiger partial charge in [-0.25, -0.2) is 0 Å². The van der Waals surface area contributed by atoms with Gasteiger partial charge in [0.15, 0.2) is 28.3 Å². The Balaban J connectivity index is 1.38. The number of fused-ring (bicyclic) bond motifs is 1. The summed E-state index contributed by atoms with van der Waals surface area (Å²) in [6.07, 6.45) is 5.06. The van der Waals surface area contributed by atoms with Gasteiger partial charge in [-0.3, -0.25) is 14.3 Å². The molecule has 0 aliphatic carbocycles. The zero-order chi connectivity index (χ0) is 20.3. The lowest BCUT2D eigenvalue weighted by Crippen LogP contribution is -2.07. The van der Waals surface area contributed by atoms with E-state index in [0.717, 1.165) is 11.3 Å². The molecule has 0 unspecified atom stereocenters. The van der Waals surface area contributed by atoms with Gasteiger partial charge in [-0.05, 0) is 42.5 Å². The summed E-state index contributed by atoms with van der Waals surface area (Å²) in [5.41, 5.74) is 1.40. The number of ether oxygens (including phenoxy) is 2. The van der Waals surface area contributed by atoms with Crippen molar-refractivity contribution in [3.63, 3.8) is 0 Å². The van der Waals surface area contributed by atoms with E-state index in [2.05, 4.69) is 15.2 Å². The van der Waals surface area contributed by atoms with E-state index in [-0.39, 0.29) is 18.3 Å². The van der Waals surface area contributed by atoms with Crippen LogP contribution in [0, 0.1) is 0 Å². The van der Waals surface area contributed by atoms with Crippen LogP contribution < -0.4 is 9.47 Å². The van der Waals surface area contributed by atoms with Crippen LogP contribution in [-0.2, 0) is 6.54 Å². The molecule has 1 aliphatic rings. The fourth-order valence-corrected chi connectivity index (χ4v) is 3.92. The van der Waals surface area contributed by atoms with Gasteiger partial charge in [0.1, 0.15) is 5.76 Å². The zero-order valence-electron chi connectivity index (χ0n) is 15.7. The summed E-state index contributed by atoms with van der Waals surface area (Å²) in [4.78, 5) is 16.9. The van der Waals surface area contributed by atoms with E-state index >= 15 is 0 Å². The highest BCUT2D eigenvalue weighted by molar-refractivity contribution is 7.99. The van der Waals surface area contributed by atoms with Crippen LogP contribution in [0.4, 0.5) is 0 Å². The number of rotatable bonds is 7. The SMILES string of the molecule is O=C(CSc1nnc(-c2cccnc2)n1Cc1ccco1)c1ccc2c(c1)OCO2. The molecule has 0 saturated heterocycles. The number of benzene rings is 1. The Hall–Kier alpha value is -3.59. The quantitative estimate of drug-likeness (QED) is 0.330. The van der Waals surface area contributed by atoms with Crippen LogP contribution in [0.2, 0.25) is 0 Å². The van der Waals surface area contributed by atoms with Gasteiger partial charge in [-0.15, -0.1) is 10.2 Å². The maximum absolute atomic E-state index is 12.7. The monoisotopic (exact) mass is 420 g/mol. The van der Waals surface area contributed by atoms with Crippen LogP contribution in [0.15, 0.2) is 70.7 Å². The van der Waals surface area contributed by atoms with E-state index in [1.54, 1.807) is 36.9 Å². The van der Waals surface area contributed by atoms with Gasteiger partial charge in [-0.2, -0.15) is 0 Å². The van der Waals surface area contributed by atoms with Crippen molar-refractivity contribution in [3.8, 4) is 22.9 Å². The van der Waals surface area contributed by atoms with Crippen molar-refractivity contribution in [2.45, 2.75) is 11.7 Å². The smallest absolute Gasteiger partial charge is 0.231 e. The number of aromatic nitrogens is 4. The summed E-state index contributed by atoms with van der Waals surface area (Å²) in [5, 5.41) is 9.26. The average Bonchev–Trinajstić information content (AvgIpc) is 3.54. The summed E-state index contributed by atoms with van der Waals surface area (Å²) in [6.45, 7) is 0.625. The van der Waals surface area contributed by atoms with Crippen LogP contribution in [0.5, 0.6) is 11.5 Å². The summed E-state index contributed by atoms with van der Waals surface area (Å²) in [5.74, 6) is 2.85. The number of furan rings is 1. The second-order valence-electron chi connectivity index (χ2n) is 6.49. The highest BCUT2D eigenvalue weighted by atomic mass is 32.2. The molecule has 1 aliphatic heterocycles. The van der Waals surface area contributed by atoms with Crippen molar-refractivity contribution in [2.24, 2.45) is 0 Å². The molecule has 0 fully saturated rings. The van der Waals surface area contributed by atoms with E-state index in [0.29, 0.717) is 34.6 Å². The molecule has 0 atom stereocenters. The lowest BCUT2D eigenvalue weighted by atomic mass is 10.1. The molecule has 30 heavy (non-hydrogen) atoms. The number of nitrogens with zero attached hydrogens (tertiary/aromatic N) is 4. The number of carbonyl (C=O) groups is 1. The first kappa shape index (κ1) is 18.4. The van der Waals surface area contributed by atoms with E-state index in [9.17, 15) is 4.79 Å². The summed E-state index contributed by atoms with van der Waals surface area (Å²) >= 11 is 1.33. The molecular weight excluding hydrogens is 404 g/mol. The predicted octanol–water partition coefficient (Wildman–Crippen LogP) is 3.69. The molecule has 0 amide bonds. The number of hydrogen-bond acceptors (Lipinski definition) is 8. The van der Waals surface area contributed by atoms with Crippen molar-refractivity contribution in [1.82, 2.24) is 19.7 Å². The van der Waals surface area contributed by atoms with E-state index < -0.39 is 0 Å². The van der Waals surface area contributed by atoms with Crippen LogP contribution in [-0.4, -0.2) is 38.1 Å². The number of pyridine rings is 1. The normalized spacial score (nSPS) is 12.3. The molecule has 5 rings (SSSR count). The van der Waals surface area contributed by atoms with Crippen LogP contribution in [0.3, 0.4) is 0 Å². The second kappa shape index (κ2) is 8.03. The third kappa shape index (κ3) is 3.67. The molecule has 0 spiro atoms. The molecule has 0 bridgehead atoms. The third-order valence-electron chi connectivity index (χ3n) is 4.56. The number of thioether (sulfide) groups is 1. The van der Waals surface area contributed by atoms with E-state index in [1.165, 1.54) is 11.8 Å². The Kier molecular flexibility index (Phi) is 4.94. The minimum Gasteiger partial charge on any atom is -0.467 e. The summed E-state index contributed by atoms with van der Waals surface area (Å²) in [6, 6.07) is 12.7. The van der Waals surface area contributed by atoms with Gasteiger partial charge in [-0.1, -0.05) is 11.8 Å².